The summed E-state index contributed by atoms with van der Waals surface area (Å²) in [4.78, 5) is 27.5. The number of amides is 1. The number of unbranched alkanes of at least 4 members (excludes halogenated alkanes) is 1. The highest BCUT2D eigenvalue weighted by Gasteiger charge is 2.42. The van der Waals surface area contributed by atoms with Crippen LogP contribution in [0.5, 0.6) is 0 Å². The average Bonchev–Trinajstić information content (AvgIpc) is 3.05. The second kappa shape index (κ2) is 9.02. The molecule has 2 saturated heterocycles. The van der Waals surface area contributed by atoms with E-state index in [-0.39, 0.29) is 11.4 Å². The van der Waals surface area contributed by atoms with Gasteiger partial charge in [0.25, 0.3) is 0 Å². The fraction of sp³-hybridized carbons (Fsp3) is 0.714. The number of aromatic amines is 1. The molecule has 6 heteroatoms. The summed E-state index contributed by atoms with van der Waals surface area (Å²) in [5.41, 5.74) is 1.30. The lowest BCUT2D eigenvalue weighted by atomic mass is 9.86. The molecule has 6 nitrogen and oxygen atoms in total. The van der Waals surface area contributed by atoms with E-state index in [0.717, 1.165) is 57.8 Å². The lowest BCUT2D eigenvalue weighted by Crippen LogP contribution is -2.60. The van der Waals surface area contributed by atoms with Gasteiger partial charge in [-0.05, 0) is 26.3 Å². The number of nitrogens with zero attached hydrogens (tertiary/aromatic N) is 4. The predicted octanol–water partition coefficient (Wildman–Crippen LogP) is 2.44. The van der Waals surface area contributed by atoms with Crippen LogP contribution in [-0.4, -0.2) is 75.9 Å². The van der Waals surface area contributed by atoms with Gasteiger partial charge in [-0.1, -0.05) is 19.4 Å². The van der Waals surface area contributed by atoms with Crippen molar-refractivity contribution in [2.45, 2.75) is 57.5 Å². The molecule has 3 rings (SSSR count). The summed E-state index contributed by atoms with van der Waals surface area (Å²) < 4.78 is 0. The minimum absolute atomic E-state index is 0.0922. The van der Waals surface area contributed by atoms with E-state index in [1.54, 1.807) is 0 Å². The highest BCUT2D eigenvalue weighted by atomic mass is 16.2. The number of H-pyrrole nitrogens is 1. The summed E-state index contributed by atoms with van der Waals surface area (Å²) in [6.07, 6.45) is 9.85. The van der Waals surface area contributed by atoms with Crippen LogP contribution in [-0.2, 0) is 17.8 Å². The molecule has 1 aromatic heterocycles. The van der Waals surface area contributed by atoms with Crippen molar-refractivity contribution >= 4 is 5.91 Å². The van der Waals surface area contributed by atoms with Crippen molar-refractivity contribution in [3.05, 3.63) is 30.4 Å². The zero-order chi connectivity index (χ0) is 19.3. The first kappa shape index (κ1) is 20.1. The minimum atomic E-state index is 0.0922. The van der Waals surface area contributed by atoms with Crippen LogP contribution in [0.25, 0.3) is 0 Å². The van der Waals surface area contributed by atoms with Crippen LogP contribution in [0.2, 0.25) is 0 Å². The van der Waals surface area contributed by atoms with Crippen molar-refractivity contribution < 1.29 is 4.79 Å². The van der Waals surface area contributed by atoms with Crippen LogP contribution in [0, 0.1) is 0 Å². The summed E-state index contributed by atoms with van der Waals surface area (Å²) in [6.45, 7) is 11.5. The lowest BCUT2D eigenvalue weighted by Gasteiger charge is -2.49. The molecule has 2 fully saturated rings. The second-order valence-corrected chi connectivity index (χ2v) is 8.19. The molecule has 3 heterocycles. The van der Waals surface area contributed by atoms with Crippen LogP contribution < -0.4 is 0 Å². The molecule has 0 radical (unpaired) electrons. The maximum absolute atomic E-state index is 12.4. The molecule has 1 aromatic rings. The second-order valence-electron chi connectivity index (χ2n) is 8.19. The van der Waals surface area contributed by atoms with E-state index < -0.39 is 0 Å². The van der Waals surface area contributed by atoms with Gasteiger partial charge in [0.2, 0.25) is 5.91 Å². The first-order valence-corrected chi connectivity index (χ1v) is 10.4. The molecule has 1 N–H and O–H groups in total. The molecule has 0 bridgehead atoms. The fourth-order valence-corrected chi connectivity index (χ4v) is 4.46. The van der Waals surface area contributed by atoms with Gasteiger partial charge in [-0.15, -0.1) is 6.58 Å². The summed E-state index contributed by atoms with van der Waals surface area (Å²) in [5, 5.41) is 0. The van der Waals surface area contributed by atoms with Gasteiger partial charge in [-0.2, -0.15) is 0 Å². The number of likely N-dealkylation sites (tertiary alicyclic amines) is 1. The van der Waals surface area contributed by atoms with E-state index in [0.29, 0.717) is 13.0 Å². The Kier molecular flexibility index (Phi) is 6.71. The fourth-order valence-electron chi connectivity index (χ4n) is 4.46. The number of imidazole rings is 1. The first-order valence-electron chi connectivity index (χ1n) is 10.4. The molecule has 0 saturated carbocycles. The van der Waals surface area contributed by atoms with Gasteiger partial charge in [0.15, 0.2) is 0 Å². The summed E-state index contributed by atoms with van der Waals surface area (Å²) in [6, 6.07) is 0. The van der Waals surface area contributed by atoms with Gasteiger partial charge >= 0.3 is 0 Å². The molecule has 0 aliphatic carbocycles. The van der Waals surface area contributed by atoms with Gasteiger partial charge < -0.3 is 9.88 Å². The molecule has 150 valence electrons. The third kappa shape index (κ3) is 4.79. The van der Waals surface area contributed by atoms with Crippen molar-refractivity contribution in [2.24, 2.45) is 0 Å². The molecule has 2 aliphatic heterocycles. The largest absolute Gasteiger partial charge is 0.345 e. The lowest BCUT2D eigenvalue weighted by molar-refractivity contribution is -0.130. The number of hydrogen-bond donors (Lipinski definition) is 1. The number of carbonyl (C=O) groups excluding carboxylic acids is 1. The molecule has 27 heavy (non-hydrogen) atoms. The molecule has 2 aliphatic rings. The zero-order valence-corrected chi connectivity index (χ0v) is 17.0. The highest BCUT2D eigenvalue weighted by molar-refractivity contribution is 5.76. The van der Waals surface area contributed by atoms with Crippen LogP contribution >= 0.6 is 0 Å². The Balaban J connectivity index is 1.64. The van der Waals surface area contributed by atoms with E-state index in [9.17, 15) is 4.79 Å². The van der Waals surface area contributed by atoms with E-state index >= 15 is 0 Å². The molecule has 0 unspecified atom stereocenters. The van der Waals surface area contributed by atoms with Gasteiger partial charge in [0.1, 0.15) is 5.82 Å². The number of nitrogens with one attached hydrogen (secondary N) is 1. The van der Waals surface area contributed by atoms with E-state index in [4.69, 9.17) is 0 Å². The van der Waals surface area contributed by atoms with Crippen molar-refractivity contribution in [1.29, 1.82) is 0 Å². The number of aryl methyl sites for hydroxylation is 1. The van der Waals surface area contributed by atoms with Crippen molar-refractivity contribution in [2.75, 3.05) is 39.8 Å². The number of carbonyl (C=O) groups is 1. The van der Waals surface area contributed by atoms with Crippen LogP contribution in [0.3, 0.4) is 0 Å². The third-order valence-electron chi connectivity index (χ3n) is 6.27. The van der Waals surface area contributed by atoms with E-state index in [1.807, 2.05) is 17.2 Å². The average molecular weight is 374 g/mol. The zero-order valence-electron chi connectivity index (χ0n) is 17.0. The molecule has 0 aromatic carbocycles. The number of piperazine rings is 1. The Morgan fingerprint density at radius 3 is 2.96 bits per heavy atom. The summed E-state index contributed by atoms with van der Waals surface area (Å²) in [5.74, 6) is 1.38. The maximum Gasteiger partial charge on any atom is 0.222 e. The van der Waals surface area contributed by atoms with Crippen molar-refractivity contribution in [3.63, 3.8) is 0 Å². The highest BCUT2D eigenvalue weighted by Crippen LogP contribution is 2.32. The number of likely N-dealkylation sites (N-methyl/N-ethyl adjacent to an activating group) is 1. The summed E-state index contributed by atoms with van der Waals surface area (Å²) >= 11 is 0. The van der Waals surface area contributed by atoms with Crippen molar-refractivity contribution in [3.8, 4) is 0 Å². The number of aromatic nitrogens is 2. The molecular formula is C21H35N5O. The Bertz CT molecular complexity index is 642. The van der Waals surface area contributed by atoms with Gasteiger partial charge in [-0.25, -0.2) is 4.98 Å². The van der Waals surface area contributed by atoms with Crippen LogP contribution in [0.1, 0.15) is 50.5 Å². The third-order valence-corrected chi connectivity index (χ3v) is 6.27. The van der Waals surface area contributed by atoms with Gasteiger partial charge in [0.05, 0.1) is 0 Å². The van der Waals surface area contributed by atoms with Crippen LogP contribution in [0.4, 0.5) is 0 Å². The topological polar surface area (TPSA) is 55.5 Å². The molecule has 1 spiro atoms. The smallest absolute Gasteiger partial charge is 0.222 e. The quantitative estimate of drug-likeness (QED) is 0.746. The summed E-state index contributed by atoms with van der Waals surface area (Å²) in [7, 11) is 2.23. The number of hydrogen-bond acceptors (Lipinski definition) is 4. The monoisotopic (exact) mass is 373 g/mol. The minimum Gasteiger partial charge on any atom is -0.345 e. The number of rotatable bonds is 7. The molecule has 1 amide bonds. The Labute approximate surface area is 163 Å². The van der Waals surface area contributed by atoms with Gasteiger partial charge in [-0.3, -0.25) is 14.6 Å². The molecular weight excluding hydrogens is 338 g/mol. The standard InChI is InChI=1S/C21H35N5O/c1-4-6-7-19-22-15-18(23-19)16-25-14-13-24(3)21(17-25)9-8-20(27)26(11-5-2)12-10-21/h5,15H,2,4,6-14,16-17H2,1,3H3,(H,22,23)/t21-/m0/s1. The molecule has 1 atom stereocenters. The van der Waals surface area contributed by atoms with Gasteiger partial charge in [0, 0.05) is 69.5 Å². The SMILES string of the molecule is C=CCN1CC[C@@]2(CCC1=O)CN(Cc1cnc(CCCC)[nH]1)CCN2C. The normalized spacial score (nSPS) is 25.1. The van der Waals surface area contributed by atoms with Crippen molar-refractivity contribution in [1.82, 2.24) is 24.7 Å². The Morgan fingerprint density at radius 1 is 1.33 bits per heavy atom. The van der Waals surface area contributed by atoms with E-state index in [1.165, 1.54) is 18.5 Å². The predicted molar refractivity (Wildman–Crippen MR) is 108 cm³/mol. The first-order chi connectivity index (χ1) is 13.1. The van der Waals surface area contributed by atoms with Crippen LogP contribution in [0.15, 0.2) is 18.9 Å². The Hall–Kier alpha value is -1.66. The maximum atomic E-state index is 12.4. The van der Waals surface area contributed by atoms with E-state index in [2.05, 4.69) is 40.3 Å². The Morgan fingerprint density at radius 2 is 2.19 bits per heavy atom.